The average molecular weight is 492 g/mol. The Hall–Kier alpha value is -2.86. The zero-order valence-corrected chi connectivity index (χ0v) is 19.4. The highest BCUT2D eigenvalue weighted by Gasteiger charge is 2.31. The topological polar surface area (TPSA) is 117 Å². The number of nitrogens with zero attached hydrogens (tertiary/aromatic N) is 5. The van der Waals surface area contributed by atoms with Gasteiger partial charge in [-0.15, -0.1) is 0 Å². The Bertz CT molecular complexity index is 1240. The third kappa shape index (κ3) is 5.22. The van der Waals surface area contributed by atoms with E-state index in [1.54, 1.807) is 0 Å². The molecular formula is C21H23ClFN7O2S. The molecule has 0 aliphatic carbocycles. The summed E-state index contributed by atoms with van der Waals surface area (Å²) in [7, 11) is -3.78. The predicted molar refractivity (Wildman–Crippen MR) is 124 cm³/mol. The number of benzene rings is 2. The van der Waals surface area contributed by atoms with Gasteiger partial charge in [0.1, 0.15) is 5.82 Å². The molecule has 4 rings (SSSR count). The maximum atomic E-state index is 13.4. The van der Waals surface area contributed by atoms with E-state index in [0.29, 0.717) is 24.9 Å². The summed E-state index contributed by atoms with van der Waals surface area (Å²) in [5.74, 6) is 0.263. The van der Waals surface area contributed by atoms with Crippen molar-refractivity contribution in [2.75, 3.05) is 37.2 Å². The molecule has 1 saturated heterocycles. The van der Waals surface area contributed by atoms with Crippen LogP contribution >= 0.6 is 11.6 Å². The van der Waals surface area contributed by atoms with E-state index in [1.807, 2.05) is 37.3 Å². The van der Waals surface area contributed by atoms with E-state index < -0.39 is 15.8 Å². The highest BCUT2D eigenvalue weighted by molar-refractivity contribution is 7.89. The van der Waals surface area contributed by atoms with Crippen LogP contribution in [0.15, 0.2) is 53.4 Å². The van der Waals surface area contributed by atoms with Crippen LogP contribution in [0.25, 0.3) is 0 Å². The summed E-state index contributed by atoms with van der Waals surface area (Å²) >= 11 is 5.77. The van der Waals surface area contributed by atoms with Gasteiger partial charge in [0.2, 0.25) is 21.9 Å². The quantitative estimate of drug-likeness (QED) is 0.540. The standard InChI is InChI=1S/C21H23ClFN7O2S/c1-14(19-26-20(24)28-21(27-19)25-15-5-3-2-4-6-15)29-9-11-30(12-10-29)33(31,32)16-7-8-18(23)17(22)13-16/h2-8,13-14H,9-12H2,1H3,(H3,24,25,26,27,28). The second-order valence-corrected chi connectivity index (χ2v) is 9.90. The van der Waals surface area contributed by atoms with Crippen LogP contribution in [-0.2, 0) is 10.0 Å². The molecule has 0 amide bonds. The number of nitrogens with two attached hydrogens (primary N) is 1. The first-order valence-corrected chi connectivity index (χ1v) is 12.1. The smallest absolute Gasteiger partial charge is 0.243 e. The minimum absolute atomic E-state index is 0.0303. The van der Waals surface area contributed by atoms with Crippen LogP contribution in [0.3, 0.4) is 0 Å². The number of sulfonamides is 1. The third-order valence-corrected chi connectivity index (χ3v) is 7.61. The van der Waals surface area contributed by atoms with E-state index in [2.05, 4.69) is 25.2 Å². The Morgan fingerprint density at radius 2 is 1.76 bits per heavy atom. The van der Waals surface area contributed by atoms with Crippen LogP contribution in [0.1, 0.15) is 18.8 Å². The van der Waals surface area contributed by atoms with Gasteiger partial charge in [0.25, 0.3) is 0 Å². The summed E-state index contributed by atoms with van der Waals surface area (Å²) in [5, 5.41) is 2.88. The van der Waals surface area contributed by atoms with Crippen molar-refractivity contribution in [3.05, 3.63) is 65.2 Å². The lowest BCUT2D eigenvalue weighted by atomic mass is 10.2. The molecule has 2 heterocycles. The number of anilines is 3. The molecule has 9 nitrogen and oxygen atoms in total. The molecule has 1 aromatic heterocycles. The van der Waals surface area contributed by atoms with Crippen molar-refractivity contribution in [2.45, 2.75) is 17.9 Å². The summed E-state index contributed by atoms with van der Waals surface area (Å²) in [6.45, 7) is 3.38. The van der Waals surface area contributed by atoms with E-state index in [9.17, 15) is 12.8 Å². The van der Waals surface area contributed by atoms with Gasteiger partial charge in [-0.2, -0.15) is 19.3 Å². The molecule has 1 fully saturated rings. The van der Waals surface area contributed by atoms with E-state index >= 15 is 0 Å². The van der Waals surface area contributed by atoms with E-state index in [-0.39, 0.29) is 35.0 Å². The highest BCUT2D eigenvalue weighted by Crippen LogP contribution is 2.26. The Balaban J connectivity index is 1.45. The van der Waals surface area contributed by atoms with Gasteiger partial charge in [0.15, 0.2) is 5.82 Å². The fourth-order valence-corrected chi connectivity index (χ4v) is 5.28. The maximum Gasteiger partial charge on any atom is 0.243 e. The van der Waals surface area contributed by atoms with Crippen LogP contribution in [0.4, 0.5) is 22.0 Å². The minimum Gasteiger partial charge on any atom is -0.368 e. The van der Waals surface area contributed by atoms with Gasteiger partial charge in [0.05, 0.1) is 16.0 Å². The lowest BCUT2D eigenvalue weighted by Gasteiger charge is -2.36. The molecule has 174 valence electrons. The van der Waals surface area contributed by atoms with Crippen LogP contribution in [-0.4, -0.2) is 58.8 Å². The Kier molecular flexibility index (Phi) is 6.75. The Labute approximate surface area is 196 Å². The van der Waals surface area contributed by atoms with E-state index in [0.717, 1.165) is 17.8 Å². The number of nitrogen functional groups attached to an aromatic ring is 1. The zero-order chi connectivity index (χ0) is 23.6. The highest BCUT2D eigenvalue weighted by atomic mass is 35.5. The second-order valence-electron chi connectivity index (χ2n) is 7.56. The van der Waals surface area contributed by atoms with Crippen molar-refractivity contribution in [1.82, 2.24) is 24.2 Å². The predicted octanol–water partition coefficient (Wildman–Crippen LogP) is 3.06. The Morgan fingerprint density at radius 3 is 2.42 bits per heavy atom. The summed E-state index contributed by atoms with van der Waals surface area (Å²) < 4.78 is 40.7. The third-order valence-electron chi connectivity index (χ3n) is 5.42. The van der Waals surface area contributed by atoms with Gasteiger partial charge in [-0.25, -0.2) is 12.8 Å². The lowest BCUT2D eigenvalue weighted by molar-refractivity contribution is 0.141. The van der Waals surface area contributed by atoms with Crippen molar-refractivity contribution in [3.63, 3.8) is 0 Å². The number of nitrogens with one attached hydrogen (secondary N) is 1. The first-order valence-electron chi connectivity index (χ1n) is 10.3. The first kappa shape index (κ1) is 23.3. The monoisotopic (exact) mass is 491 g/mol. The van der Waals surface area contributed by atoms with Gasteiger partial charge in [-0.05, 0) is 37.3 Å². The molecule has 33 heavy (non-hydrogen) atoms. The summed E-state index contributed by atoms with van der Waals surface area (Å²) in [6.07, 6.45) is 0. The van der Waals surface area contributed by atoms with Crippen LogP contribution in [0.2, 0.25) is 5.02 Å². The summed E-state index contributed by atoms with van der Waals surface area (Å²) in [6, 6.07) is 12.7. The molecule has 0 spiro atoms. The van der Waals surface area contributed by atoms with Crippen molar-refractivity contribution in [1.29, 1.82) is 0 Å². The number of hydrogen-bond acceptors (Lipinski definition) is 8. The SMILES string of the molecule is CC(c1nc(N)nc(Nc2ccccc2)n1)N1CCN(S(=O)(=O)c2ccc(F)c(Cl)c2)CC1. The van der Waals surface area contributed by atoms with Crippen molar-refractivity contribution >= 4 is 39.2 Å². The zero-order valence-electron chi connectivity index (χ0n) is 17.8. The number of para-hydroxylation sites is 1. The van der Waals surface area contributed by atoms with Gasteiger partial charge < -0.3 is 11.1 Å². The molecule has 0 radical (unpaired) electrons. The fourth-order valence-electron chi connectivity index (χ4n) is 3.58. The van der Waals surface area contributed by atoms with Crippen molar-refractivity contribution < 1.29 is 12.8 Å². The molecule has 1 atom stereocenters. The average Bonchev–Trinajstić information content (AvgIpc) is 2.80. The molecule has 0 saturated carbocycles. The van der Waals surface area contributed by atoms with Gasteiger partial charge in [-0.1, -0.05) is 29.8 Å². The molecule has 12 heteroatoms. The number of halogens is 2. The minimum atomic E-state index is -3.78. The van der Waals surface area contributed by atoms with Gasteiger partial charge in [-0.3, -0.25) is 4.90 Å². The summed E-state index contributed by atoms with van der Waals surface area (Å²) in [5.41, 5.74) is 6.72. The largest absolute Gasteiger partial charge is 0.368 e. The normalized spacial score (nSPS) is 16.5. The number of rotatable bonds is 6. The van der Waals surface area contributed by atoms with Crippen molar-refractivity contribution in [3.8, 4) is 0 Å². The molecule has 1 aliphatic rings. The second kappa shape index (κ2) is 9.56. The summed E-state index contributed by atoms with van der Waals surface area (Å²) in [4.78, 5) is 15.0. The van der Waals surface area contributed by atoms with Gasteiger partial charge >= 0.3 is 0 Å². The molecule has 1 aliphatic heterocycles. The van der Waals surface area contributed by atoms with Crippen molar-refractivity contribution in [2.24, 2.45) is 0 Å². The number of aromatic nitrogens is 3. The molecule has 3 N–H and O–H groups in total. The number of hydrogen-bond donors (Lipinski definition) is 2. The molecule has 0 bridgehead atoms. The molecule has 2 aromatic carbocycles. The van der Waals surface area contributed by atoms with E-state index in [4.69, 9.17) is 17.3 Å². The van der Waals surface area contributed by atoms with Crippen LogP contribution in [0.5, 0.6) is 0 Å². The van der Waals surface area contributed by atoms with Crippen LogP contribution in [0, 0.1) is 5.82 Å². The first-order chi connectivity index (χ1) is 15.7. The van der Waals surface area contributed by atoms with E-state index in [1.165, 1.54) is 10.4 Å². The van der Waals surface area contributed by atoms with Gasteiger partial charge in [0, 0.05) is 31.9 Å². The Morgan fingerprint density at radius 1 is 1.06 bits per heavy atom. The lowest BCUT2D eigenvalue weighted by Crippen LogP contribution is -2.49. The van der Waals surface area contributed by atoms with Crippen LogP contribution < -0.4 is 11.1 Å². The molecule has 1 unspecified atom stereocenters. The maximum absolute atomic E-state index is 13.4. The molecule has 3 aromatic rings. The fraction of sp³-hybridized carbons (Fsp3) is 0.286. The number of piperazine rings is 1. The molecular weight excluding hydrogens is 469 g/mol.